The van der Waals surface area contributed by atoms with Gasteiger partial charge in [-0.25, -0.2) is 4.79 Å². The smallest absolute Gasteiger partial charge is 0.338 e. The molecule has 0 saturated heterocycles. The van der Waals surface area contributed by atoms with E-state index in [1.54, 1.807) is 6.92 Å². The molecule has 0 radical (unpaired) electrons. The molecule has 0 spiro atoms. The van der Waals surface area contributed by atoms with Gasteiger partial charge in [0.15, 0.2) is 0 Å². The van der Waals surface area contributed by atoms with Crippen molar-refractivity contribution in [3.05, 3.63) is 69.8 Å². The third-order valence-electron chi connectivity index (χ3n) is 4.40. The quantitative estimate of drug-likeness (QED) is 0.470. The van der Waals surface area contributed by atoms with Crippen LogP contribution >= 0.6 is 0 Å². The fourth-order valence-corrected chi connectivity index (χ4v) is 3.12. The second kappa shape index (κ2) is 7.14. The lowest BCUT2D eigenvalue weighted by atomic mass is 9.87. The molecule has 0 bridgehead atoms. The fourth-order valence-electron chi connectivity index (χ4n) is 3.12. The number of carbonyl (C=O) groups excluding carboxylic acids is 1. The van der Waals surface area contributed by atoms with Gasteiger partial charge in [0.25, 0.3) is 0 Å². The number of hydrogen-bond donors (Lipinski definition) is 1. The predicted molar refractivity (Wildman–Crippen MR) is 101 cm³/mol. The molecule has 0 aliphatic heterocycles. The van der Waals surface area contributed by atoms with Crippen molar-refractivity contribution in [2.45, 2.75) is 47.5 Å². The minimum Gasteiger partial charge on any atom is -0.507 e. The van der Waals surface area contributed by atoms with E-state index in [-0.39, 0.29) is 11.7 Å². The summed E-state index contributed by atoms with van der Waals surface area (Å²) < 4.78 is 5.62. The van der Waals surface area contributed by atoms with Crippen molar-refractivity contribution in [1.29, 1.82) is 0 Å². The topological polar surface area (TPSA) is 46.5 Å². The van der Waals surface area contributed by atoms with Gasteiger partial charge in [0.2, 0.25) is 0 Å². The van der Waals surface area contributed by atoms with Crippen LogP contribution in [0.3, 0.4) is 0 Å². The zero-order valence-corrected chi connectivity index (χ0v) is 15.9. The van der Waals surface area contributed by atoms with E-state index in [0.29, 0.717) is 11.3 Å². The monoisotopic (exact) mass is 338 g/mol. The molecule has 0 fully saturated rings. The molecule has 0 heterocycles. The number of phenols is 1. The average molecular weight is 338 g/mol. The van der Waals surface area contributed by atoms with E-state index >= 15 is 0 Å². The Labute approximate surface area is 150 Å². The Morgan fingerprint density at radius 2 is 1.52 bits per heavy atom. The highest BCUT2D eigenvalue weighted by Gasteiger charge is 2.22. The summed E-state index contributed by atoms with van der Waals surface area (Å²) in [5.41, 5.74) is 5.96. The van der Waals surface area contributed by atoms with Gasteiger partial charge in [-0.2, -0.15) is 0 Å². The normalized spacial score (nSPS) is 11.9. The number of hydrogen-bond acceptors (Lipinski definition) is 3. The summed E-state index contributed by atoms with van der Waals surface area (Å²) in [6, 6.07) is 7.93. The molecule has 0 aromatic heterocycles. The van der Waals surface area contributed by atoms with Crippen LogP contribution in [0, 0.1) is 27.7 Å². The molecular weight excluding hydrogens is 312 g/mol. The van der Waals surface area contributed by atoms with Gasteiger partial charge >= 0.3 is 5.97 Å². The zero-order valence-electron chi connectivity index (χ0n) is 15.9. The highest BCUT2D eigenvalue weighted by Crippen LogP contribution is 2.40. The number of rotatable bonds is 4. The molecule has 3 heteroatoms. The van der Waals surface area contributed by atoms with Gasteiger partial charge in [-0.3, -0.25) is 0 Å². The summed E-state index contributed by atoms with van der Waals surface area (Å²) in [5.74, 6) is 0.272. The lowest BCUT2D eigenvalue weighted by Crippen LogP contribution is -2.12. The minimum absolute atomic E-state index is 0.120. The number of ether oxygens (including phenoxy) is 1. The number of carbonyl (C=O) groups is 1. The molecular formula is C22H26O3. The van der Waals surface area contributed by atoms with Gasteiger partial charge in [0.1, 0.15) is 11.5 Å². The highest BCUT2D eigenvalue weighted by molar-refractivity contribution is 5.89. The Morgan fingerprint density at radius 3 is 2.08 bits per heavy atom. The Kier molecular flexibility index (Phi) is 5.36. The summed E-state index contributed by atoms with van der Waals surface area (Å²) in [5, 5.41) is 10.5. The van der Waals surface area contributed by atoms with Crippen LogP contribution in [0.2, 0.25) is 0 Å². The molecule has 2 aromatic carbocycles. The van der Waals surface area contributed by atoms with Gasteiger partial charge in [0.05, 0.1) is 0 Å². The first-order chi connectivity index (χ1) is 11.6. The minimum atomic E-state index is -0.440. The Morgan fingerprint density at radius 1 is 1.00 bits per heavy atom. The number of aromatic hydroxyl groups is 1. The molecule has 1 N–H and O–H groups in total. The molecule has 25 heavy (non-hydrogen) atoms. The fraction of sp³-hybridized carbons (Fsp3) is 0.318. The first-order valence-corrected chi connectivity index (χ1v) is 8.40. The van der Waals surface area contributed by atoms with E-state index < -0.39 is 5.97 Å². The van der Waals surface area contributed by atoms with Crippen molar-refractivity contribution in [2.75, 3.05) is 0 Å². The SMILES string of the molecule is C=C(C)C(=O)Oc1c(C)cc(C)cc1C(C)c1cc(C)cc(C)c1O. The number of benzene rings is 2. The first kappa shape index (κ1) is 18.8. The van der Waals surface area contributed by atoms with Gasteiger partial charge in [-0.05, 0) is 45.7 Å². The molecule has 1 atom stereocenters. The van der Waals surface area contributed by atoms with Crippen molar-refractivity contribution >= 4 is 5.97 Å². The third kappa shape index (κ3) is 3.93. The van der Waals surface area contributed by atoms with Crippen molar-refractivity contribution in [2.24, 2.45) is 0 Å². The Bertz CT molecular complexity index is 847. The van der Waals surface area contributed by atoms with Crippen LogP contribution in [0.25, 0.3) is 0 Å². The molecule has 2 aromatic rings. The van der Waals surface area contributed by atoms with Gasteiger partial charge in [-0.15, -0.1) is 0 Å². The predicted octanol–water partition coefficient (Wildman–Crippen LogP) is 5.26. The first-order valence-electron chi connectivity index (χ1n) is 8.40. The van der Waals surface area contributed by atoms with E-state index in [4.69, 9.17) is 4.74 Å². The van der Waals surface area contributed by atoms with Gasteiger partial charge in [-0.1, -0.05) is 48.9 Å². The van der Waals surface area contributed by atoms with Crippen LogP contribution in [0.4, 0.5) is 0 Å². The van der Waals surface area contributed by atoms with Crippen LogP contribution in [0.5, 0.6) is 11.5 Å². The molecule has 0 saturated carbocycles. The van der Waals surface area contributed by atoms with E-state index in [0.717, 1.165) is 33.4 Å². The second-order valence-corrected chi connectivity index (χ2v) is 6.91. The van der Waals surface area contributed by atoms with Crippen LogP contribution in [-0.4, -0.2) is 11.1 Å². The van der Waals surface area contributed by atoms with Crippen LogP contribution in [-0.2, 0) is 4.79 Å². The van der Waals surface area contributed by atoms with Gasteiger partial charge < -0.3 is 9.84 Å². The zero-order chi connectivity index (χ0) is 18.9. The Hall–Kier alpha value is -2.55. The molecule has 0 amide bonds. The Balaban J connectivity index is 2.61. The molecule has 132 valence electrons. The largest absolute Gasteiger partial charge is 0.507 e. The number of phenolic OH excluding ortho intramolecular Hbond substituents is 1. The van der Waals surface area contributed by atoms with Gasteiger partial charge in [0, 0.05) is 22.6 Å². The lowest BCUT2D eigenvalue weighted by molar-refractivity contribution is -0.130. The lowest BCUT2D eigenvalue weighted by Gasteiger charge is -2.21. The summed E-state index contributed by atoms with van der Waals surface area (Å²) in [6.07, 6.45) is 0. The van der Waals surface area contributed by atoms with Crippen molar-refractivity contribution in [3.63, 3.8) is 0 Å². The maximum Gasteiger partial charge on any atom is 0.338 e. The highest BCUT2D eigenvalue weighted by atomic mass is 16.5. The van der Waals surface area contributed by atoms with E-state index in [1.165, 1.54) is 0 Å². The van der Waals surface area contributed by atoms with Crippen molar-refractivity contribution in [3.8, 4) is 11.5 Å². The molecule has 1 unspecified atom stereocenters. The maximum absolute atomic E-state index is 12.1. The molecule has 0 aliphatic carbocycles. The average Bonchev–Trinajstić information content (AvgIpc) is 2.52. The maximum atomic E-state index is 12.1. The van der Waals surface area contributed by atoms with E-state index in [2.05, 4.69) is 6.58 Å². The molecule has 0 aliphatic rings. The standard InChI is InChI=1S/C22H26O3/c1-12(2)22(24)25-21-16(6)9-14(4)11-19(21)17(7)18-10-13(3)8-15(5)20(18)23/h8-11,17,23H,1H2,2-7H3. The summed E-state index contributed by atoms with van der Waals surface area (Å²) >= 11 is 0. The summed E-state index contributed by atoms with van der Waals surface area (Å²) in [6.45, 7) is 15.1. The van der Waals surface area contributed by atoms with Crippen molar-refractivity contribution < 1.29 is 14.6 Å². The summed E-state index contributed by atoms with van der Waals surface area (Å²) in [7, 11) is 0. The summed E-state index contributed by atoms with van der Waals surface area (Å²) in [4.78, 5) is 12.1. The van der Waals surface area contributed by atoms with E-state index in [1.807, 2.05) is 58.9 Å². The van der Waals surface area contributed by atoms with E-state index in [9.17, 15) is 9.90 Å². The number of aryl methyl sites for hydroxylation is 4. The third-order valence-corrected chi connectivity index (χ3v) is 4.40. The van der Waals surface area contributed by atoms with Crippen LogP contribution in [0.15, 0.2) is 36.4 Å². The molecule has 2 rings (SSSR count). The second-order valence-electron chi connectivity index (χ2n) is 6.91. The number of esters is 1. The van der Waals surface area contributed by atoms with Crippen LogP contribution < -0.4 is 4.74 Å². The van der Waals surface area contributed by atoms with Crippen LogP contribution in [0.1, 0.15) is 53.1 Å². The molecule has 3 nitrogen and oxygen atoms in total. The van der Waals surface area contributed by atoms with Crippen molar-refractivity contribution in [1.82, 2.24) is 0 Å².